The molecule has 2 nitrogen and oxygen atoms in total. The van der Waals surface area contributed by atoms with Gasteiger partial charge in [-0.2, -0.15) is 0 Å². The van der Waals surface area contributed by atoms with E-state index >= 15 is 0 Å². The van der Waals surface area contributed by atoms with Crippen LogP contribution in [0.5, 0.6) is 0 Å². The van der Waals surface area contributed by atoms with Crippen molar-refractivity contribution in [1.29, 1.82) is 0 Å². The van der Waals surface area contributed by atoms with E-state index in [0.717, 1.165) is 17.6 Å². The first kappa shape index (κ1) is 11.8. The van der Waals surface area contributed by atoms with E-state index in [0.29, 0.717) is 5.41 Å². The van der Waals surface area contributed by atoms with E-state index in [2.05, 4.69) is 66.1 Å². The molecular weight excluding hydrogens is 264 g/mol. The molecule has 1 aromatic rings. The number of aryl methyl sites for hydroxylation is 1. The Kier molecular flexibility index (Phi) is 2.91. The summed E-state index contributed by atoms with van der Waals surface area (Å²) in [4.78, 5) is 2.34. The lowest BCUT2D eigenvalue weighted by Crippen LogP contribution is -2.33. The van der Waals surface area contributed by atoms with E-state index in [4.69, 9.17) is 0 Å². The van der Waals surface area contributed by atoms with Gasteiger partial charge in [-0.15, -0.1) is 0 Å². The second kappa shape index (κ2) is 3.95. The molecule has 1 aromatic carbocycles. The van der Waals surface area contributed by atoms with Crippen LogP contribution in [0.4, 0.5) is 11.4 Å². The van der Waals surface area contributed by atoms with Crippen molar-refractivity contribution in [1.82, 2.24) is 0 Å². The maximum Gasteiger partial charge on any atom is 0.0722 e. The molecule has 0 unspecified atom stereocenters. The summed E-state index contributed by atoms with van der Waals surface area (Å²) in [6.07, 6.45) is 0. The number of anilines is 2. The minimum absolute atomic E-state index is 0.293. The second-order valence-corrected chi connectivity index (χ2v) is 6.37. The minimum atomic E-state index is 0.293. The van der Waals surface area contributed by atoms with Crippen LogP contribution in [-0.2, 0) is 0 Å². The number of fused-ring (bicyclic) bond motifs is 1. The molecular formula is C13H19BrN2. The molecule has 0 spiro atoms. The predicted molar refractivity (Wildman–Crippen MR) is 74.4 cm³/mol. The highest BCUT2D eigenvalue weighted by Crippen LogP contribution is 2.38. The van der Waals surface area contributed by atoms with E-state index in [1.807, 2.05) is 0 Å². The molecule has 1 N–H and O–H groups in total. The first-order chi connectivity index (χ1) is 7.39. The van der Waals surface area contributed by atoms with Gasteiger partial charge in [0.1, 0.15) is 0 Å². The Morgan fingerprint density at radius 1 is 1.38 bits per heavy atom. The first-order valence-corrected chi connectivity index (χ1v) is 6.43. The van der Waals surface area contributed by atoms with Crippen molar-refractivity contribution in [2.45, 2.75) is 20.8 Å². The van der Waals surface area contributed by atoms with Crippen molar-refractivity contribution in [2.24, 2.45) is 5.41 Å². The van der Waals surface area contributed by atoms with Gasteiger partial charge >= 0.3 is 0 Å². The lowest BCUT2D eigenvalue weighted by Gasteiger charge is -2.27. The third-order valence-electron chi connectivity index (χ3n) is 3.03. The zero-order valence-corrected chi connectivity index (χ0v) is 12.0. The molecule has 0 amide bonds. The van der Waals surface area contributed by atoms with E-state index < -0.39 is 0 Å². The topological polar surface area (TPSA) is 15.3 Å². The van der Waals surface area contributed by atoms with Crippen molar-refractivity contribution >= 4 is 27.3 Å². The summed E-state index contributed by atoms with van der Waals surface area (Å²) in [7, 11) is 2.17. The van der Waals surface area contributed by atoms with Crippen LogP contribution < -0.4 is 10.2 Å². The molecule has 0 saturated carbocycles. The number of hydrogen-bond donors (Lipinski definition) is 1. The molecule has 1 aliphatic rings. The molecule has 1 aliphatic heterocycles. The summed E-state index contributed by atoms with van der Waals surface area (Å²) >= 11 is 3.64. The van der Waals surface area contributed by atoms with Gasteiger partial charge in [0.05, 0.1) is 11.4 Å². The predicted octanol–water partition coefficient (Wildman–Crippen LogP) is 3.65. The molecule has 16 heavy (non-hydrogen) atoms. The average molecular weight is 283 g/mol. The van der Waals surface area contributed by atoms with Gasteiger partial charge in [-0.05, 0) is 46.0 Å². The standard InChI is InChI=1S/C13H19BrN2/c1-9-5-10(14)12-11(6-9)16(4)8-13(2,3)7-15-12/h5-6,15H,7-8H2,1-4H3. The zero-order chi connectivity index (χ0) is 11.9. The van der Waals surface area contributed by atoms with Gasteiger partial charge in [-0.25, -0.2) is 0 Å². The Balaban J connectivity index is 2.49. The summed E-state index contributed by atoms with van der Waals surface area (Å²) < 4.78 is 1.16. The normalized spacial score (nSPS) is 18.7. The number of nitrogens with one attached hydrogen (secondary N) is 1. The highest BCUT2D eigenvalue weighted by molar-refractivity contribution is 9.10. The Labute approximate surface area is 106 Å². The van der Waals surface area contributed by atoms with Gasteiger partial charge in [0.25, 0.3) is 0 Å². The van der Waals surface area contributed by atoms with Crippen LogP contribution in [0.1, 0.15) is 19.4 Å². The van der Waals surface area contributed by atoms with E-state index in [1.165, 1.54) is 16.9 Å². The van der Waals surface area contributed by atoms with Crippen LogP contribution in [-0.4, -0.2) is 20.1 Å². The van der Waals surface area contributed by atoms with Crippen LogP contribution in [0.15, 0.2) is 16.6 Å². The first-order valence-electron chi connectivity index (χ1n) is 5.64. The van der Waals surface area contributed by atoms with Gasteiger partial charge in [0.15, 0.2) is 0 Å². The quantitative estimate of drug-likeness (QED) is 0.782. The molecule has 1 heterocycles. The largest absolute Gasteiger partial charge is 0.382 e. The Bertz CT molecular complexity index is 413. The van der Waals surface area contributed by atoms with E-state index in [9.17, 15) is 0 Å². The smallest absolute Gasteiger partial charge is 0.0722 e. The molecule has 88 valence electrons. The highest BCUT2D eigenvalue weighted by atomic mass is 79.9. The van der Waals surface area contributed by atoms with E-state index in [1.54, 1.807) is 0 Å². The van der Waals surface area contributed by atoms with E-state index in [-0.39, 0.29) is 0 Å². The third-order valence-corrected chi connectivity index (χ3v) is 3.66. The minimum Gasteiger partial charge on any atom is -0.382 e. The maximum absolute atomic E-state index is 3.64. The molecule has 0 aliphatic carbocycles. The lowest BCUT2D eigenvalue weighted by atomic mass is 9.93. The summed E-state index contributed by atoms with van der Waals surface area (Å²) in [5.74, 6) is 0. The Morgan fingerprint density at radius 2 is 2.06 bits per heavy atom. The van der Waals surface area contributed by atoms with Crippen LogP contribution in [0.25, 0.3) is 0 Å². The summed E-state index contributed by atoms with van der Waals surface area (Å²) in [6.45, 7) is 8.80. The fourth-order valence-electron chi connectivity index (χ4n) is 2.31. The Morgan fingerprint density at radius 3 is 2.75 bits per heavy atom. The fraction of sp³-hybridized carbons (Fsp3) is 0.538. The van der Waals surface area contributed by atoms with Crippen LogP contribution in [0.2, 0.25) is 0 Å². The number of hydrogen-bond acceptors (Lipinski definition) is 2. The van der Waals surface area contributed by atoms with Crippen molar-refractivity contribution in [3.63, 3.8) is 0 Å². The summed E-state index contributed by atoms with van der Waals surface area (Å²) in [6, 6.07) is 4.41. The van der Waals surface area contributed by atoms with Crippen molar-refractivity contribution in [2.75, 3.05) is 30.4 Å². The zero-order valence-electron chi connectivity index (χ0n) is 10.4. The van der Waals surface area contributed by atoms with Crippen molar-refractivity contribution in [3.8, 4) is 0 Å². The van der Waals surface area contributed by atoms with Crippen LogP contribution in [0.3, 0.4) is 0 Å². The third kappa shape index (κ3) is 2.19. The van der Waals surface area contributed by atoms with Gasteiger partial charge in [0, 0.05) is 24.6 Å². The van der Waals surface area contributed by atoms with Crippen molar-refractivity contribution < 1.29 is 0 Å². The molecule has 0 aromatic heterocycles. The molecule has 0 bridgehead atoms. The maximum atomic E-state index is 3.64. The van der Waals surface area contributed by atoms with Crippen molar-refractivity contribution in [3.05, 3.63) is 22.2 Å². The fourth-order valence-corrected chi connectivity index (χ4v) is 3.02. The molecule has 2 rings (SSSR count). The van der Waals surface area contributed by atoms with Gasteiger partial charge in [-0.3, -0.25) is 0 Å². The van der Waals surface area contributed by atoms with Gasteiger partial charge < -0.3 is 10.2 Å². The second-order valence-electron chi connectivity index (χ2n) is 5.51. The monoisotopic (exact) mass is 282 g/mol. The molecule has 0 atom stereocenters. The van der Waals surface area contributed by atoms with Gasteiger partial charge in [0.2, 0.25) is 0 Å². The molecule has 0 saturated heterocycles. The lowest BCUT2D eigenvalue weighted by molar-refractivity contribution is 0.403. The SMILES string of the molecule is Cc1cc(Br)c2c(c1)N(C)CC(C)(C)CN2. The highest BCUT2D eigenvalue weighted by Gasteiger charge is 2.26. The number of halogens is 1. The number of nitrogens with zero attached hydrogens (tertiary/aromatic N) is 1. The van der Waals surface area contributed by atoms with Crippen LogP contribution in [0, 0.1) is 12.3 Å². The average Bonchev–Trinajstić information content (AvgIpc) is 2.23. The number of benzene rings is 1. The Hall–Kier alpha value is -0.700. The summed E-state index contributed by atoms with van der Waals surface area (Å²) in [5.41, 5.74) is 4.09. The molecule has 0 fully saturated rings. The number of rotatable bonds is 0. The van der Waals surface area contributed by atoms with Gasteiger partial charge in [-0.1, -0.05) is 13.8 Å². The molecule has 3 heteroatoms. The van der Waals surface area contributed by atoms with Crippen LogP contribution >= 0.6 is 15.9 Å². The molecule has 0 radical (unpaired) electrons. The summed E-state index contributed by atoms with van der Waals surface area (Å²) in [5, 5.41) is 3.55.